The predicted octanol–water partition coefficient (Wildman–Crippen LogP) is 3.07. The van der Waals surface area contributed by atoms with E-state index in [9.17, 15) is 8.42 Å². The highest BCUT2D eigenvalue weighted by atomic mass is 32.2. The summed E-state index contributed by atoms with van der Waals surface area (Å²) in [5, 5.41) is 3.98. The van der Waals surface area contributed by atoms with Gasteiger partial charge in [0.15, 0.2) is 0 Å². The van der Waals surface area contributed by atoms with Gasteiger partial charge in [0.2, 0.25) is 15.9 Å². The molecular formula is C20H20N4O3S. The van der Waals surface area contributed by atoms with Crippen LogP contribution in [-0.4, -0.2) is 35.4 Å². The van der Waals surface area contributed by atoms with Crippen molar-refractivity contribution >= 4 is 21.2 Å². The number of ether oxygens (including phenoxy) is 1. The first-order valence-corrected chi connectivity index (χ1v) is 10.6. The van der Waals surface area contributed by atoms with E-state index in [1.54, 1.807) is 23.0 Å². The highest BCUT2D eigenvalue weighted by Gasteiger charge is 2.36. The number of sulfonamides is 1. The summed E-state index contributed by atoms with van der Waals surface area (Å²) in [6, 6.07) is 5.61. The smallest absolute Gasteiger partial charge is 0.238 e. The summed E-state index contributed by atoms with van der Waals surface area (Å²) in [5.74, 6) is 6.42. The van der Waals surface area contributed by atoms with Crippen molar-refractivity contribution in [3.8, 4) is 28.8 Å². The second-order valence-electron chi connectivity index (χ2n) is 6.59. The summed E-state index contributed by atoms with van der Waals surface area (Å²) in [6.07, 6.45) is 7.38. The third-order valence-corrected chi connectivity index (χ3v) is 6.37. The zero-order valence-electron chi connectivity index (χ0n) is 15.6. The van der Waals surface area contributed by atoms with Crippen LogP contribution in [0.5, 0.6) is 5.88 Å². The van der Waals surface area contributed by atoms with E-state index in [1.807, 2.05) is 25.3 Å². The molecule has 8 heteroatoms. The lowest BCUT2D eigenvalue weighted by atomic mass is 10.1. The molecule has 3 heterocycles. The van der Waals surface area contributed by atoms with Gasteiger partial charge in [0.1, 0.15) is 5.69 Å². The number of anilines is 1. The maximum absolute atomic E-state index is 12.3. The van der Waals surface area contributed by atoms with E-state index in [2.05, 4.69) is 26.6 Å². The van der Waals surface area contributed by atoms with Crippen molar-refractivity contribution < 1.29 is 13.2 Å². The van der Waals surface area contributed by atoms with Crippen molar-refractivity contribution in [2.45, 2.75) is 31.4 Å². The van der Waals surface area contributed by atoms with Gasteiger partial charge in [-0.1, -0.05) is 18.8 Å². The number of nitrogens with one attached hydrogen (secondary N) is 1. The zero-order chi connectivity index (χ0) is 19.7. The number of methoxy groups -OCH3 is 1. The van der Waals surface area contributed by atoms with Gasteiger partial charge in [0, 0.05) is 24.4 Å². The van der Waals surface area contributed by atoms with Crippen LogP contribution in [0.1, 0.15) is 31.7 Å². The molecule has 1 fully saturated rings. The first kappa shape index (κ1) is 18.3. The molecule has 0 saturated heterocycles. The highest BCUT2D eigenvalue weighted by molar-refractivity contribution is 7.93. The van der Waals surface area contributed by atoms with Gasteiger partial charge in [-0.25, -0.2) is 17.9 Å². The second kappa shape index (κ2) is 7.17. The fraction of sp³-hybridized carbons (Fsp3) is 0.300. The lowest BCUT2D eigenvalue weighted by Gasteiger charge is -2.12. The molecule has 0 atom stereocenters. The van der Waals surface area contributed by atoms with Crippen LogP contribution in [0.25, 0.3) is 16.6 Å². The Labute approximate surface area is 163 Å². The number of hydrogen-bond acceptors (Lipinski definition) is 5. The van der Waals surface area contributed by atoms with Crippen molar-refractivity contribution in [1.82, 2.24) is 14.6 Å². The van der Waals surface area contributed by atoms with Crippen LogP contribution < -0.4 is 9.46 Å². The van der Waals surface area contributed by atoms with Gasteiger partial charge >= 0.3 is 0 Å². The summed E-state index contributed by atoms with van der Waals surface area (Å²) in [5.41, 5.74) is 3.72. The van der Waals surface area contributed by atoms with Gasteiger partial charge in [-0.05, 0) is 36.6 Å². The number of rotatable bonds is 5. The molecule has 1 saturated carbocycles. The van der Waals surface area contributed by atoms with Crippen LogP contribution in [0.15, 0.2) is 36.8 Å². The molecule has 0 unspecified atom stereocenters. The van der Waals surface area contributed by atoms with Gasteiger partial charge in [-0.15, -0.1) is 0 Å². The molecule has 3 aromatic heterocycles. The van der Waals surface area contributed by atoms with E-state index in [0.29, 0.717) is 18.5 Å². The molecule has 144 valence electrons. The number of aromatic nitrogens is 3. The number of pyridine rings is 2. The summed E-state index contributed by atoms with van der Waals surface area (Å²) >= 11 is 0. The van der Waals surface area contributed by atoms with E-state index in [0.717, 1.165) is 28.6 Å². The van der Waals surface area contributed by atoms with Crippen molar-refractivity contribution in [1.29, 1.82) is 0 Å². The largest absolute Gasteiger partial charge is 0.480 e. The molecule has 28 heavy (non-hydrogen) atoms. The monoisotopic (exact) mass is 396 g/mol. The van der Waals surface area contributed by atoms with E-state index >= 15 is 0 Å². The molecule has 0 radical (unpaired) electrons. The first-order valence-electron chi connectivity index (χ1n) is 9.04. The molecule has 4 rings (SSSR count). The summed E-state index contributed by atoms with van der Waals surface area (Å²) in [4.78, 5) is 4.28. The Morgan fingerprint density at radius 2 is 2.11 bits per heavy atom. The Bertz CT molecular complexity index is 1200. The van der Waals surface area contributed by atoms with E-state index in [-0.39, 0.29) is 11.1 Å². The Morgan fingerprint density at radius 3 is 2.82 bits per heavy atom. The fourth-order valence-corrected chi connectivity index (χ4v) is 4.28. The lowest BCUT2D eigenvalue weighted by molar-refractivity contribution is 0.400. The predicted molar refractivity (Wildman–Crippen MR) is 108 cm³/mol. The minimum absolute atomic E-state index is 0.243. The van der Waals surface area contributed by atoms with Crippen molar-refractivity contribution in [3.63, 3.8) is 0 Å². The third-order valence-electron chi connectivity index (χ3n) is 4.51. The highest BCUT2D eigenvalue weighted by Crippen LogP contribution is 2.34. The lowest BCUT2D eigenvalue weighted by Crippen LogP contribution is -2.18. The maximum atomic E-state index is 12.3. The Morgan fingerprint density at radius 1 is 1.29 bits per heavy atom. The van der Waals surface area contributed by atoms with Crippen LogP contribution in [0.2, 0.25) is 0 Å². The second-order valence-corrected chi connectivity index (χ2v) is 8.55. The molecule has 0 spiro atoms. The van der Waals surface area contributed by atoms with Gasteiger partial charge in [-0.3, -0.25) is 4.72 Å². The first-order chi connectivity index (χ1) is 13.5. The van der Waals surface area contributed by atoms with E-state index in [1.165, 1.54) is 7.11 Å². The van der Waals surface area contributed by atoms with Gasteiger partial charge in [0.25, 0.3) is 0 Å². The fourth-order valence-electron chi connectivity index (χ4n) is 2.90. The van der Waals surface area contributed by atoms with Crippen LogP contribution in [0.4, 0.5) is 5.69 Å². The maximum Gasteiger partial charge on any atom is 0.238 e. The third kappa shape index (κ3) is 3.53. The SMILES string of the molecule is CCC#Cc1cnn2ccc(-c3cnc(OC)c(NS(=O)(=O)C4CC4)c3)cc12. The number of nitrogens with zero attached hydrogens (tertiary/aromatic N) is 3. The molecule has 3 aromatic rings. The van der Waals surface area contributed by atoms with E-state index in [4.69, 9.17) is 4.74 Å². The average molecular weight is 396 g/mol. The molecule has 1 N–H and O–H groups in total. The topological polar surface area (TPSA) is 85.6 Å². The van der Waals surface area contributed by atoms with Gasteiger partial charge in [0.05, 0.1) is 29.6 Å². The summed E-state index contributed by atoms with van der Waals surface area (Å²) in [7, 11) is -1.95. The molecule has 0 bridgehead atoms. The van der Waals surface area contributed by atoms with Crippen LogP contribution >= 0.6 is 0 Å². The summed E-state index contributed by atoms with van der Waals surface area (Å²) < 4.78 is 34.3. The molecule has 0 aliphatic heterocycles. The molecule has 1 aliphatic carbocycles. The number of hydrogen-bond donors (Lipinski definition) is 1. The van der Waals surface area contributed by atoms with Crippen LogP contribution in [-0.2, 0) is 10.0 Å². The Kier molecular flexibility index (Phi) is 4.69. The standard InChI is InChI=1S/C20H20N4O3S/c1-3-4-5-15-13-22-24-9-8-14(11-19(15)24)16-10-18(20(27-2)21-12-16)23-28(25,26)17-6-7-17/h8-13,17,23H,3,6-7H2,1-2H3. The van der Waals surface area contributed by atoms with Gasteiger partial charge < -0.3 is 4.74 Å². The van der Waals surface area contributed by atoms with Crippen molar-refractivity contribution in [2.75, 3.05) is 11.8 Å². The molecule has 0 amide bonds. The zero-order valence-corrected chi connectivity index (χ0v) is 16.5. The van der Waals surface area contributed by atoms with Crippen LogP contribution in [0.3, 0.4) is 0 Å². The quantitative estimate of drug-likeness (QED) is 0.670. The number of fused-ring (bicyclic) bond motifs is 1. The Balaban J connectivity index is 1.75. The van der Waals surface area contributed by atoms with Crippen LogP contribution in [0, 0.1) is 11.8 Å². The van der Waals surface area contributed by atoms with E-state index < -0.39 is 10.0 Å². The molecule has 1 aliphatic rings. The van der Waals surface area contributed by atoms with Crippen molar-refractivity contribution in [3.05, 3.63) is 42.4 Å². The minimum atomic E-state index is -3.42. The Hall–Kier alpha value is -3.05. The van der Waals surface area contributed by atoms with Gasteiger partial charge in [-0.2, -0.15) is 5.10 Å². The normalized spacial score (nSPS) is 13.8. The molecule has 0 aromatic carbocycles. The van der Waals surface area contributed by atoms with Crippen molar-refractivity contribution in [2.24, 2.45) is 0 Å². The minimum Gasteiger partial charge on any atom is -0.480 e. The average Bonchev–Trinajstić information content (AvgIpc) is 3.48. The molecule has 7 nitrogen and oxygen atoms in total. The summed E-state index contributed by atoms with van der Waals surface area (Å²) in [6.45, 7) is 2.00. The molecular weight excluding hydrogens is 376 g/mol.